The third-order valence-corrected chi connectivity index (χ3v) is 4.05. The van der Waals surface area contributed by atoms with Gasteiger partial charge in [-0.1, -0.05) is 0 Å². The summed E-state index contributed by atoms with van der Waals surface area (Å²) in [4.78, 5) is 10.9. The maximum atomic E-state index is 4.31. The molecule has 1 fully saturated rings. The third-order valence-electron chi connectivity index (χ3n) is 4.05. The average Bonchev–Trinajstić information content (AvgIpc) is 3.00. The molecule has 1 saturated heterocycles. The molecule has 1 aliphatic heterocycles. The van der Waals surface area contributed by atoms with Crippen LogP contribution in [0, 0.1) is 0 Å². The average molecular weight is 292 g/mol. The predicted molar refractivity (Wildman–Crippen MR) is 86.5 cm³/mol. The highest BCUT2D eigenvalue weighted by Gasteiger charge is 2.21. The molecule has 118 valence electrons. The van der Waals surface area contributed by atoms with E-state index >= 15 is 0 Å². The van der Waals surface area contributed by atoms with Gasteiger partial charge in [-0.3, -0.25) is 4.99 Å². The van der Waals surface area contributed by atoms with Gasteiger partial charge in [0.25, 0.3) is 0 Å². The molecule has 2 heterocycles. The van der Waals surface area contributed by atoms with E-state index in [9.17, 15) is 0 Å². The van der Waals surface area contributed by atoms with Crippen molar-refractivity contribution in [1.82, 2.24) is 25.1 Å². The van der Waals surface area contributed by atoms with E-state index < -0.39 is 0 Å². The van der Waals surface area contributed by atoms with Gasteiger partial charge in [0.2, 0.25) is 0 Å². The molecule has 0 amide bonds. The van der Waals surface area contributed by atoms with Gasteiger partial charge in [-0.2, -0.15) is 0 Å². The SMILES string of the molecule is CN=C(NCCn1ccnc1)NC1CCN(C(C)C)CC1. The van der Waals surface area contributed by atoms with E-state index in [1.54, 1.807) is 6.20 Å². The maximum absolute atomic E-state index is 4.31. The van der Waals surface area contributed by atoms with Crippen molar-refractivity contribution in [2.24, 2.45) is 4.99 Å². The summed E-state index contributed by atoms with van der Waals surface area (Å²) < 4.78 is 2.06. The van der Waals surface area contributed by atoms with Crippen LogP contribution in [0.2, 0.25) is 0 Å². The molecule has 0 saturated carbocycles. The number of aromatic nitrogens is 2. The lowest BCUT2D eigenvalue weighted by atomic mass is 10.0. The van der Waals surface area contributed by atoms with Crippen LogP contribution in [0.15, 0.2) is 23.7 Å². The van der Waals surface area contributed by atoms with Crippen LogP contribution in [0.5, 0.6) is 0 Å². The molecule has 21 heavy (non-hydrogen) atoms. The molecule has 0 radical (unpaired) electrons. The second-order valence-corrected chi connectivity index (χ2v) is 5.85. The van der Waals surface area contributed by atoms with Gasteiger partial charge in [-0.15, -0.1) is 0 Å². The minimum Gasteiger partial charge on any atom is -0.355 e. The first-order valence-electron chi connectivity index (χ1n) is 7.86. The summed E-state index contributed by atoms with van der Waals surface area (Å²) >= 11 is 0. The number of guanidine groups is 1. The predicted octanol–water partition coefficient (Wildman–Crippen LogP) is 0.921. The largest absolute Gasteiger partial charge is 0.355 e. The Morgan fingerprint density at radius 1 is 1.38 bits per heavy atom. The number of imidazole rings is 1. The maximum Gasteiger partial charge on any atom is 0.191 e. The summed E-state index contributed by atoms with van der Waals surface area (Å²) in [5.41, 5.74) is 0. The Labute approximate surface area is 127 Å². The number of nitrogens with one attached hydrogen (secondary N) is 2. The Hall–Kier alpha value is -1.56. The van der Waals surface area contributed by atoms with Crippen molar-refractivity contribution >= 4 is 5.96 Å². The van der Waals surface area contributed by atoms with Crippen LogP contribution >= 0.6 is 0 Å². The Bertz CT molecular complexity index is 417. The molecule has 0 unspecified atom stereocenters. The quantitative estimate of drug-likeness (QED) is 0.626. The van der Waals surface area contributed by atoms with E-state index in [1.165, 1.54) is 25.9 Å². The number of hydrogen-bond donors (Lipinski definition) is 2. The topological polar surface area (TPSA) is 57.5 Å². The molecular formula is C15H28N6. The van der Waals surface area contributed by atoms with Gasteiger partial charge in [0.1, 0.15) is 0 Å². The molecule has 2 N–H and O–H groups in total. The van der Waals surface area contributed by atoms with Crippen LogP contribution < -0.4 is 10.6 Å². The summed E-state index contributed by atoms with van der Waals surface area (Å²) in [5, 5.41) is 6.90. The minimum atomic E-state index is 0.527. The van der Waals surface area contributed by atoms with E-state index in [4.69, 9.17) is 0 Å². The van der Waals surface area contributed by atoms with E-state index in [-0.39, 0.29) is 0 Å². The fourth-order valence-corrected chi connectivity index (χ4v) is 2.67. The lowest BCUT2D eigenvalue weighted by Crippen LogP contribution is -2.50. The molecule has 1 aromatic heterocycles. The van der Waals surface area contributed by atoms with Crippen LogP contribution in [0.4, 0.5) is 0 Å². The van der Waals surface area contributed by atoms with Gasteiger partial charge in [0.05, 0.1) is 6.33 Å². The van der Waals surface area contributed by atoms with Crippen molar-refractivity contribution in [3.8, 4) is 0 Å². The number of hydrogen-bond acceptors (Lipinski definition) is 3. The van der Waals surface area contributed by atoms with Crippen molar-refractivity contribution in [1.29, 1.82) is 0 Å². The minimum absolute atomic E-state index is 0.527. The van der Waals surface area contributed by atoms with Crippen LogP contribution in [0.3, 0.4) is 0 Å². The smallest absolute Gasteiger partial charge is 0.191 e. The summed E-state index contributed by atoms with van der Waals surface area (Å²) in [6, 6.07) is 1.18. The zero-order valence-electron chi connectivity index (χ0n) is 13.4. The highest BCUT2D eigenvalue weighted by Crippen LogP contribution is 2.12. The lowest BCUT2D eigenvalue weighted by Gasteiger charge is -2.35. The van der Waals surface area contributed by atoms with Crippen molar-refractivity contribution < 1.29 is 0 Å². The van der Waals surface area contributed by atoms with Gasteiger partial charge in [-0.05, 0) is 26.7 Å². The van der Waals surface area contributed by atoms with Gasteiger partial charge >= 0.3 is 0 Å². The molecule has 6 heteroatoms. The molecule has 6 nitrogen and oxygen atoms in total. The van der Waals surface area contributed by atoms with Gasteiger partial charge in [-0.25, -0.2) is 4.98 Å². The number of aliphatic imine (C=N–C) groups is 1. The van der Waals surface area contributed by atoms with Crippen LogP contribution in [0.1, 0.15) is 26.7 Å². The van der Waals surface area contributed by atoms with Gasteiger partial charge in [0.15, 0.2) is 5.96 Å². The summed E-state index contributed by atoms with van der Waals surface area (Å²) in [7, 11) is 1.83. The zero-order chi connectivity index (χ0) is 15.1. The van der Waals surface area contributed by atoms with E-state index in [0.29, 0.717) is 12.1 Å². The Balaban J connectivity index is 1.68. The van der Waals surface area contributed by atoms with Gasteiger partial charge < -0.3 is 20.1 Å². The first kappa shape index (κ1) is 15.8. The second kappa shape index (κ2) is 8.02. The fraction of sp³-hybridized carbons (Fsp3) is 0.733. The Morgan fingerprint density at radius 2 is 2.14 bits per heavy atom. The Morgan fingerprint density at radius 3 is 2.71 bits per heavy atom. The third kappa shape index (κ3) is 5.04. The zero-order valence-corrected chi connectivity index (χ0v) is 13.4. The van der Waals surface area contributed by atoms with Crippen molar-refractivity contribution in [3.05, 3.63) is 18.7 Å². The van der Waals surface area contributed by atoms with E-state index in [0.717, 1.165) is 19.0 Å². The summed E-state index contributed by atoms with van der Waals surface area (Å²) in [6.07, 6.45) is 7.97. The van der Waals surface area contributed by atoms with Crippen LogP contribution in [-0.2, 0) is 6.54 Å². The van der Waals surface area contributed by atoms with E-state index in [1.807, 2.05) is 19.6 Å². The van der Waals surface area contributed by atoms with E-state index in [2.05, 4.69) is 43.9 Å². The monoisotopic (exact) mass is 292 g/mol. The fourth-order valence-electron chi connectivity index (χ4n) is 2.67. The summed E-state index contributed by atoms with van der Waals surface area (Å²) in [5.74, 6) is 0.901. The number of likely N-dealkylation sites (tertiary alicyclic amines) is 1. The molecule has 0 spiro atoms. The van der Waals surface area contributed by atoms with Crippen LogP contribution in [-0.4, -0.2) is 59.2 Å². The highest BCUT2D eigenvalue weighted by molar-refractivity contribution is 5.79. The Kier molecular flexibility index (Phi) is 6.04. The first-order valence-corrected chi connectivity index (χ1v) is 7.86. The first-order chi connectivity index (χ1) is 10.2. The summed E-state index contributed by atoms with van der Waals surface area (Å²) in [6.45, 7) is 8.62. The molecule has 0 aliphatic carbocycles. The van der Waals surface area contributed by atoms with Crippen molar-refractivity contribution in [2.75, 3.05) is 26.7 Å². The molecule has 2 rings (SSSR count). The van der Waals surface area contributed by atoms with Crippen LogP contribution in [0.25, 0.3) is 0 Å². The molecule has 0 atom stereocenters. The van der Waals surface area contributed by atoms with Crippen molar-refractivity contribution in [3.63, 3.8) is 0 Å². The standard InChI is InChI=1S/C15H28N6/c1-13(2)21-8-4-14(5-9-21)19-15(16-3)18-7-11-20-10-6-17-12-20/h6,10,12-14H,4-5,7-9,11H2,1-3H3,(H2,16,18,19). The normalized spacial score (nSPS) is 18.2. The molecular weight excluding hydrogens is 264 g/mol. The number of piperidine rings is 1. The molecule has 1 aliphatic rings. The second-order valence-electron chi connectivity index (χ2n) is 5.85. The molecule has 0 aromatic carbocycles. The highest BCUT2D eigenvalue weighted by atomic mass is 15.2. The lowest BCUT2D eigenvalue weighted by molar-refractivity contribution is 0.167. The molecule has 1 aromatic rings. The number of nitrogens with zero attached hydrogens (tertiary/aromatic N) is 4. The van der Waals surface area contributed by atoms with Gasteiger partial charge in [0, 0.05) is 57.7 Å². The number of rotatable bonds is 5. The van der Waals surface area contributed by atoms with Crippen molar-refractivity contribution in [2.45, 2.75) is 45.3 Å². The molecule has 0 bridgehead atoms.